The van der Waals surface area contributed by atoms with Crippen LogP contribution in [0.3, 0.4) is 0 Å². The van der Waals surface area contributed by atoms with Crippen LogP contribution in [0.2, 0.25) is 10.0 Å². The van der Waals surface area contributed by atoms with Gasteiger partial charge in [-0.3, -0.25) is 13.9 Å². The maximum absolute atomic E-state index is 14.1. The van der Waals surface area contributed by atoms with Crippen LogP contribution in [0.4, 0.5) is 18.9 Å². The van der Waals surface area contributed by atoms with Crippen molar-refractivity contribution < 1.29 is 31.2 Å². The Hall–Kier alpha value is -3.28. The minimum absolute atomic E-state index is 0.113. The average molecular weight is 673 g/mol. The van der Waals surface area contributed by atoms with Gasteiger partial charge in [0.25, 0.3) is 10.0 Å². The van der Waals surface area contributed by atoms with Crippen LogP contribution in [0.15, 0.2) is 71.6 Å². The van der Waals surface area contributed by atoms with E-state index in [0.29, 0.717) is 27.5 Å². The Balaban J connectivity index is 2.13. The Labute approximate surface area is 266 Å². The van der Waals surface area contributed by atoms with E-state index in [1.165, 1.54) is 29.2 Å². The second-order valence-electron chi connectivity index (χ2n) is 10.7. The molecule has 3 aromatic carbocycles. The Morgan fingerprint density at radius 3 is 2.20 bits per heavy atom. The first-order valence-corrected chi connectivity index (χ1v) is 16.0. The van der Waals surface area contributed by atoms with Gasteiger partial charge in [0.05, 0.1) is 16.1 Å². The number of rotatable bonds is 12. The minimum Gasteiger partial charge on any atom is -0.354 e. The molecule has 7 nitrogen and oxygen atoms in total. The molecule has 0 saturated heterocycles. The summed E-state index contributed by atoms with van der Waals surface area (Å²) in [4.78, 5) is 28.4. The van der Waals surface area contributed by atoms with E-state index in [9.17, 15) is 31.2 Å². The van der Waals surface area contributed by atoms with E-state index in [1.54, 1.807) is 38.1 Å². The molecule has 3 aromatic rings. The number of hydrogen-bond acceptors (Lipinski definition) is 4. The molecule has 2 amide bonds. The van der Waals surface area contributed by atoms with Crippen molar-refractivity contribution >= 4 is 50.7 Å². The summed E-state index contributed by atoms with van der Waals surface area (Å²) in [5, 5.41) is 3.37. The first-order chi connectivity index (χ1) is 20.5. The molecular weight excluding hydrogens is 638 g/mol. The van der Waals surface area contributed by atoms with Gasteiger partial charge in [-0.1, -0.05) is 73.8 Å². The van der Waals surface area contributed by atoms with Crippen LogP contribution in [0.5, 0.6) is 0 Å². The number of halogens is 5. The molecule has 0 aliphatic rings. The molecule has 44 heavy (non-hydrogen) atoms. The van der Waals surface area contributed by atoms with E-state index >= 15 is 0 Å². The normalized spacial score (nSPS) is 12.6. The summed E-state index contributed by atoms with van der Waals surface area (Å²) >= 11 is 12.4. The second kappa shape index (κ2) is 14.7. The van der Waals surface area contributed by atoms with Crippen molar-refractivity contribution in [1.29, 1.82) is 0 Å². The van der Waals surface area contributed by atoms with Crippen LogP contribution in [-0.4, -0.2) is 44.3 Å². The van der Waals surface area contributed by atoms with Crippen LogP contribution in [-0.2, 0) is 32.3 Å². The average Bonchev–Trinajstić information content (AvgIpc) is 2.95. The number of anilines is 1. The van der Waals surface area contributed by atoms with Crippen LogP contribution >= 0.6 is 23.2 Å². The van der Waals surface area contributed by atoms with Crippen LogP contribution < -0.4 is 9.62 Å². The fourth-order valence-electron chi connectivity index (χ4n) is 4.38. The zero-order valence-corrected chi connectivity index (χ0v) is 27.0. The van der Waals surface area contributed by atoms with E-state index in [0.717, 1.165) is 17.7 Å². The van der Waals surface area contributed by atoms with E-state index in [-0.39, 0.29) is 34.5 Å². The molecule has 0 aliphatic heterocycles. The third-order valence-electron chi connectivity index (χ3n) is 6.78. The van der Waals surface area contributed by atoms with Gasteiger partial charge in [-0.05, 0) is 67.3 Å². The molecule has 0 heterocycles. The molecule has 0 radical (unpaired) electrons. The van der Waals surface area contributed by atoms with Crippen LogP contribution in [0.25, 0.3) is 0 Å². The maximum Gasteiger partial charge on any atom is 0.416 e. The second-order valence-corrected chi connectivity index (χ2v) is 13.4. The number of sulfonamides is 1. The number of nitrogens with one attached hydrogen (secondary N) is 1. The lowest BCUT2D eigenvalue weighted by molar-refractivity contribution is -0.140. The number of benzene rings is 3. The quantitative estimate of drug-likeness (QED) is 0.223. The minimum atomic E-state index is -4.77. The van der Waals surface area contributed by atoms with Gasteiger partial charge in [-0.25, -0.2) is 8.42 Å². The Morgan fingerprint density at radius 2 is 1.64 bits per heavy atom. The Morgan fingerprint density at radius 1 is 0.977 bits per heavy atom. The molecular formula is C31H34Cl2F3N3O4S. The number of carbonyl (C=O) groups excluding carboxylic acids is 2. The van der Waals surface area contributed by atoms with E-state index in [1.807, 2.05) is 13.8 Å². The molecule has 1 atom stereocenters. The molecule has 13 heteroatoms. The van der Waals surface area contributed by atoms with Crippen LogP contribution in [0, 0.1) is 12.8 Å². The Bertz CT molecular complexity index is 1580. The molecule has 0 unspecified atom stereocenters. The molecule has 0 fully saturated rings. The highest BCUT2D eigenvalue weighted by Gasteiger charge is 2.36. The van der Waals surface area contributed by atoms with Crippen molar-refractivity contribution in [2.75, 3.05) is 17.4 Å². The molecule has 3 rings (SSSR count). The number of amides is 2. The smallest absolute Gasteiger partial charge is 0.354 e. The fourth-order valence-corrected chi connectivity index (χ4v) is 6.25. The van der Waals surface area contributed by atoms with Crippen molar-refractivity contribution in [2.24, 2.45) is 5.92 Å². The van der Waals surface area contributed by atoms with Crippen molar-refractivity contribution in [3.05, 3.63) is 93.5 Å². The molecule has 0 aliphatic carbocycles. The van der Waals surface area contributed by atoms with Gasteiger partial charge in [0.2, 0.25) is 11.8 Å². The third kappa shape index (κ3) is 8.89. The van der Waals surface area contributed by atoms with Gasteiger partial charge in [-0.2, -0.15) is 13.2 Å². The highest BCUT2D eigenvalue weighted by molar-refractivity contribution is 7.92. The van der Waals surface area contributed by atoms with E-state index < -0.39 is 46.2 Å². The van der Waals surface area contributed by atoms with Crippen molar-refractivity contribution in [3.8, 4) is 0 Å². The van der Waals surface area contributed by atoms with Gasteiger partial charge in [-0.15, -0.1) is 0 Å². The van der Waals surface area contributed by atoms with E-state index in [2.05, 4.69) is 5.32 Å². The third-order valence-corrected chi connectivity index (χ3v) is 9.15. The van der Waals surface area contributed by atoms with Gasteiger partial charge >= 0.3 is 6.18 Å². The standard InChI is InChI=1S/C31H34Cl2F3N3O4S/c1-5-28(30(41)37-17-20(2)3)38(18-22-11-12-24(32)16-27(22)33)29(40)19-39(25-8-6-7-23(15-25)31(34,35)36)44(42,43)26-13-9-21(4)10-14-26/h6-16,20,28H,5,17-19H2,1-4H3,(H,37,41)/t28-/m0/s1. The summed E-state index contributed by atoms with van der Waals surface area (Å²) in [5.41, 5.74) is -0.257. The summed E-state index contributed by atoms with van der Waals surface area (Å²) in [6.45, 7) is 6.49. The fraction of sp³-hybridized carbons (Fsp3) is 0.355. The van der Waals surface area contributed by atoms with Gasteiger partial charge < -0.3 is 10.2 Å². The molecule has 0 aromatic heterocycles. The highest BCUT2D eigenvalue weighted by Crippen LogP contribution is 2.34. The highest BCUT2D eigenvalue weighted by atomic mass is 35.5. The first kappa shape index (κ1) is 35.2. The summed E-state index contributed by atoms with van der Waals surface area (Å²) in [5.74, 6) is -1.18. The molecule has 0 bridgehead atoms. The largest absolute Gasteiger partial charge is 0.416 e. The lowest BCUT2D eigenvalue weighted by Crippen LogP contribution is -2.52. The summed E-state index contributed by atoms with van der Waals surface area (Å²) in [6.07, 6.45) is -4.60. The van der Waals surface area contributed by atoms with Gasteiger partial charge in [0, 0.05) is 23.1 Å². The van der Waals surface area contributed by atoms with Gasteiger partial charge in [0.1, 0.15) is 12.6 Å². The number of nitrogens with zero attached hydrogens (tertiary/aromatic N) is 2. The zero-order chi connectivity index (χ0) is 32.8. The van der Waals surface area contributed by atoms with Crippen LogP contribution in [0.1, 0.15) is 43.9 Å². The molecule has 238 valence electrons. The number of hydrogen-bond donors (Lipinski definition) is 1. The number of carbonyl (C=O) groups is 2. The van der Waals surface area contributed by atoms with Crippen molar-refractivity contribution in [2.45, 2.75) is 57.8 Å². The lowest BCUT2D eigenvalue weighted by atomic mass is 10.1. The van der Waals surface area contributed by atoms with Crippen molar-refractivity contribution in [3.63, 3.8) is 0 Å². The number of alkyl halides is 3. The topological polar surface area (TPSA) is 86.8 Å². The van der Waals surface area contributed by atoms with Crippen molar-refractivity contribution in [1.82, 2.24) is 10.2 Å². The lowest BCUT2D eigenvalue weighted by Gasteiger charge is -2.33. The molecule has 0 saturated carbocycles. The van der Waals surface area contributed by atoms with E-state index in [4.69, 9.17) is 23.2 Å². The monoisotopic (exact) mass is 671 g/mol. The summed E-state index contributed by atoms with van der Waals surface area (Å²) in [6, 6.07) is 13.0. The SMILES string of the molecule is CC[C@@H](C(=O)NCC(C)C)N(Cc1ccc(Cl)cc1Cl)C(=O)CN(c1cccc(C(F)(F)F)c1)S(=O)(=O)c1ccc(C)cc1. The molecule has 0 spiro atoms. The van der Waals surface area contributed by atoms with Gasteiger partial charge in [0.15, 0.2) is 0 Å². The predicted octanol–water partition coefficient (Wildman–Crippen LogP) is 7.10. The maximum atomic E-state index is 14.1. The predicted molar refractivity (Wildman–Crippen MR) is 166 cm³/mol. The first-order valence-electron chi connectivity index (χ1n) is 13.8. The molecule has 1 N–H and O–H groups in total. The summed E-state index contributed by atoms with van der Waals surface area (Å²) < 4.78 is 69.4. The number of aryl methyl sites for hydroxylation is 1. The summed E-state index contributed by atoms with van der Waals surface area (Å²) in [7, 11) is -4.55. The Kier molecular flexibility index (Phi) is 11.7. The zero-order valence-electron chi connectivity index (χ0n) is 24.7.